The molecule has 1 aromatic heterocycles. The molecule has 1 saturated carbocycles. The summed E-state index contributed by atoms with van der Waals surface area (Å²) < 4.78 is 0.906. The van der Waals surface area contributed by atoms with Crippen LogP contribution in [-0.4, -0.2) is 16.1 Å². The predicted octanol–water partition coefficient (Wildman–Crippen LogP) is 2.03. The van der Waals surface area contributed by atoms with E-state index >= 15 is 0 Å². The van der Waals surface area contributed by atoms with E-state index in [9.17, 15) is 4.79 Å². The summed E-state index contributed by atoms with van der Waals surface area (Å²) in [6, 6.07) is 3.71. The third kappa shape index (κ3) is 1.58. The van der Waals surface area contributed by atoms with Crippen molar-refractivity contribution in [3.05, 3.63) is 28.5 Å². The van der Waals surface area contributed by atoms with Crippen molar-refractivity contribution in [2.75, 3.05) is 0 Å². The van der Waals surface area contributed by atoms with Gasteiger partial charge in [0.15, 0.2) is 0 Å². The highest BCUT2D eigenvalue weighted by Crippen LogP contribution is 2.48. The summed E-state index contributed by atoms with van der Waals surface area (Å²) in [5.74, 6) is -0.846. The number of nitrogens with zero attached hydrogens (tertiary/aromatic N) is 1. The first kappa shape index (κ1) is 8.69. The van der Waals surface area contributed by atoms with Crippen LogP contribution in [0.4, 0.5) is 0 Å². The van der Waals surface area contributed by atoms with Gasteiger partial charge in [0.25, 0.3) is 0 Å². The van der Waals surface area contributed by atoms with E-state index in [-0.39, 0.29) is 11.8 Å². The molecule has 0 bridgehead atoms. The fourth-order valence-electron chi connectivity index (χ4n) is 1.44. The number of rotatable bonds is 2. The van der Waals surface area contributed by atoms with Gasteiger partial charge in [0.2, 0.25) is 0 Å². The monoisotopic (exact) mass is 241 g/mol. The van der Waals surface area contributed by atoms with E-state index < -0.39 is 5.97 Å². The van der Waals surface area contributed by atoms with E-state index in [1.807, 2.05) is 12.1 Å². The van der Waals surface area contributed by atoms with Crippen molar-refractivity contribution in [3.8, 4) is 0 Å². The van der Waals surface area contributed by atoms with Crippen molar-refractivity contribution in [2.24, 2.45) is 5.92 Å². The van der Waals surface area contributed by atoms with Crippen LogP contribution in [0, 0.1) is 5.92 Å². The molecule has 0 saturated heterocycles. The highest BCUT2D eigenvalue weighted by atomic mass is 79.9. The first-order valence-corrected chi connectivity index (χ1v) is 4.82. The van der Waals surface area contributed by atoms with Gasteiger partial charge in [-0.25, -0.2) is 0 Å². The maximum Gasteiger partial charge on any atom is 0.307 e. The van der Waals surface area contributed by atoms with Crippen molar-refractivity contribution in [1.82, 2.24) is 4.98 Å². The summed E-state index contributed by atoms with van der Waals surface area (Å²) in [7, 11) is 0. The molecule has 0 spiro atoms. The zero-order valence-corrected chi connectivity index (χ0v) is 8.36. The topological polar surface area (TPSA) is 50.2 Å². The second kappa shape index (κ2) is 3.10. The maximum atomic E-state index is 10.6. The van der Waals surface area contributed by atoms with E-state index in [4.69, 9.17) is 5.11 Å². The molecule has 2 rings (SSSR count). The summed E-state index contributed by atoms with van der Waals surface area (Å²) >= 11 is 3.36. The van der Waals surface area contributed by atoms with Gasteiger partial charge in [-0.3, -0.25) is 9.78 Å². The largest absolute Gasteiger partial charge is 0.481 e. The maximum absolute atomic E-state index is 10.6. The third-order valence-corrected chi connectivity index (χ3v) is 2.92. The van der Waals surface area contributed by atoms with Crippen molar-refractivity contribution >= 4 is 21.9 Å². The molecule has 1 aliphatic carbocycles. The molecular formula is C9H8BrNO2. The second-order valence-electron chi connectivity index (χ2n) is 3.16. The Balaban J connectivity index is 2.21. The van der Waals surface area contributed by atoms with E-state index in [1.54, 1.807) is 6.20 Å². The Bertz CT molecular complexity index is 353. The van der Waals surface area contributed by atoms with Crippen LogP contribution in [0.5, 0.6) is 0 Å². The van der Waals surface area contributed by atoms with E-state index in [0.717, 1.165) is 10.2 Å². The lowest BCUT2D eigenvalue weighted by atomic mass is 10.2. The summed E-state index contributed by atoms with van der Waals surface area (Å²) in [5, 5.41) is 8.73. The molecule has 0 aliphatic heterocycles. The fraction of sp³-hybridized carbons (Fsp3) is 0.333. The SMILES string of the molecule is O=C(O)[C@H]1C[C@@H]1c1ncccc1Br. The lowest BCUT2D eigenvalue weighted by Gasteiger charge is -1.99. The molecule has 1 aromatic rings. The Labute approximate surface area is 83.9 Å². The van der Waals surface area contributed by atoms with E-state index in [1.165, 1.54) is 0 Å². The Morgan fingerprint density at radius 1 is 1.69 bits per heavy atom. The molecule has 13 heavy (non-hydrogen) atoms. The molecule has 1 N–H and O–H groups in total. The Hall–Kier alpha value is -0.900. The minimum Gasteiger partial charge on any atom is -0.481 e. The zero-order chi connectivity index (χ0) is 9.42. The highest BCUT2D eigenvalue weighted by Gasteiger charge is 2.45. The Kier molecular flexibility index (Phi) is 2.07. The second-order valence-corrected chi connectivity index (χ2v) is 4.01. The molecule has 1 fully saturated rings. The average Bonchev–Trinajstić information content (AvgIpc) is 2.84. The molecular weight excluding hydrogens is 234 g/mol. The minimum atomic E-state index is -0.720. The summed E-state index contributed by atoms with van der Waals surface area (Å²) in [5.41, 5.74) is 0.870. The average molecular weight is 242 g/mol. The number of hydrogen-bond acceptors (Lipinski definition) is 2. The number of aliphatic carboxylic acids is 1. The number of hydrogen-bond donors (Lipinski definition) is 1. The molecule has 4 heteroatoms. The quantitative estimate of drug-likeness (QED) is 0.863. The van der Waals surface area contributed by atoms with Crippen LogP contribution >= 0.6 is 15.9 Å². The number of carboxylic acids is 1. The summed E-state index contributed by atoms with van der Waals surface area (Å²) in [4.78, 5) is 14.8. The van der Waals surface area contributed by atoms with E-state index in [2.05, 4.69) is 20.9 Å². The van der Waals surface area contributed by atoms with Crippen molar-refractivity contribution in [3.63, 3.8) is 0 Å². The molecule has 0 amide bonds. The smallest absolute Gasteiger partial charge is 0.307 e. The van der Waals surface area contributed by atoms with Crippen molar-refractivity contribution < 1.29 is 9.90 Å². The van der Waals surface area contributed by atoms with Gasteiger partial charge in [0.05, 0.1) is 11.6 Å². The third-order valence-electron chi connectivity index (χ3n) is 2.25. The van der Waals surface area contributed by atoms with Crippen LogP contribution in [0.25, 0.3) is 0 Å². The van der Waals surface area contributed by atoms with Crippen molar-refractivity contribution in [1.29, 1.82) is 0 Å². The van der Waals surface area contributed by atoms with Crippen LogP contribution in [0.1, 0.15) is 18.0 Å². The van der Waals surface area contributed by atoms with Crippen LogP contribution in [-0.2, 0) is 4.79 Å². The highest BCUT2D eigenvalue weighted by molar-refractivity contribution is 9.10. The Morgan fingerprint density at radius 2 is 2.46 bits per heavy atom. The van der Waals surface area contributed by atoms with Crippen molar-refractivity contribution in [2.45, 2.75) is 12.3 Å². The van der Waals surface area contributed by atoms with Gasteiger partial charge in [0.1, 0.15) is 0 Å². The van der Waals surface area contributed by atoms with Gasteiger partial charge in [0, 0.05) is 16.6 Å². The summed E-state index contributed by atoms with van der Waals surface area (Å²) in [6.45, 7) is 0. The van der Waals surface area contributed by atoms with Gasteiger partial charge in [-0.2, -0.15) is 0 Å². The molecule has 0 aromatic carbocycles. The van der Waals surface area contributed by atoms with Crippen LogP contribution in [0.15, 0.2) is 22.8 Å². The van der Waals surface area contributed by atoms with Gasteiger partial charge in [-0.15, -0.1) is 0 Å². The molecule has 0 unspecified atom stereocenters. The molecule has 1 aliphatic rings. The van der Waals surface area contributed by atoms with Gasteiger partial charge in [-0.1, -0.05) is 0 Å². The normalized spacial score (nSPS) is 25.6. The lowest BCUT2D eigenvalue weighted by Crippen LogP contribution is -2.00. The standard InChI is InChI=1S/C9H8BrNO2/c10-7-2-1-3-11-8(7)5-4-6(5)9(12)13/h1-3,5-6H,4H2,(H,12,13)/t5-,6-/m0/s1. The number of aromatic nitrogens is 1. The van der Waals surface area contributed by atoms with Gasteiger partial charge < -0.3 is 5.11 Å². The minimum absolute atomic E-state index is 0.105. The molecule has 68 valence electrons. The fourth-order valence-corrected chi connectivity index (χ4v) is 1.99. The molecule has 1 heterocycles. The van der Waals surface area contributed by atoms with Crippen LogP contribution < -0.4 is 0 Å². The predicted molar refractivity (Wildman–Crippen MR) is 50.4 cm³/mol. The number of pyridine rings is 1. The first-order chi connectivity index (χ1) is 6.20. The number of halogens is 1. The molecule has 3 nitrogen and oxygen atoms in total. The van der Waals surface area contributed by atoms with Gasteiger partial charge >= 0.3 is 5.97 Å². The van der Waals surface area contributed by atoms with Crippen LogP contribution in [0.3, 0.4) is 0 Å². The van der Waals surface area contributed by atoms with Crippen LogP contribution in [0.2, 0.25) is 0 Å². The number of carboxylic acid groups (broad SMARTS) is 1. The Morgan fingerprint density at radius 3 is 3.00 bits per heavy atom. The van der Waals surface area contributed by atoms with E-state index in [0.29, 0.717) is 6.42 Å². The summed E-state index contributed by atoms with van der Waals surface area (Å²) in [6.07, 6.45) is 2.41. The molecule has 2 atom stereocenters. The number of carbonyl (C=O) groups is 1. The van der Waals surface area contributed by atoms with Gasteiger partial charge in [-0.05, 0) is 34.5 Å². The zero-order valence-electron chi connectivity index (χ0n) is 6.77. The first-order valence-electron chi connectivity index (χ1n) is 4.03. The molecule has 0 radical (unpaired) electrons. The lowest BCUT2D eigenvalue weighted by molar-refractivity contribution is -0.138.